The minimum atomic E-state index is -0.366. The van der Waals surface area contributed by atoms with Gasteiger partial charge in [0.05, 0.1) is 0 Å². The number of hydrogen-bond acceptors (Lipinski definition) is 5. The van der Waals surface area contributed by atoms with Gasteiger partial charge in [0.25, 0.3) is 11.8 Å². The van der Waals surface area contributed by atoms with Crippen LogP contribution in [0.15, 0.2) is 59.4 Å². The number of rotatable bonds is 5. The minimum absolute atomic E-state index is 0.268. The number of nitrogens with zero attached hydrogens (tertiary/aromatic N) is 2. The van der Waals surface area contributed by atoms with E-state index in [2.05, 4.69) is 20.8 Å². The normalized spacial score (nSPS) is 10.3. The van der Waals surface area contributed by atoms with Crippen molar-refractivity contribution in [1.29, 1.82) is 0 Å². The van der Waals surface area contributed by atoms with Crippen LogP contribution in [-0.2, 0) is 6.54 Å². The van der Waals surface area contributed by atoms with E-state index < -0.39 is 0 Å². The Balaban J connectivity index is 1.66. The first kappa shape index (κ1) is 16.4. The molecule has 0 saturated carbocycles. The fourth-order valence-electron chi connectivity index (χ4n) is 2.20. The summed E-state index contributed by atoms with van der Waals surface area (Å²) in [6, 6.07) is 11.7. The molecule has 0 atom stereocenters. The van der Waals surface area contributed by atoms with Gasteiger partial charge >= 0.3 is 0 Å². The summed E-state index contributed by atoms with van der Waals surface area (Å²) in [7, 11) is 0. The molecule has 2 aromatic heterocycles. The van der Waals surface area contributed by atoms with Crippen LogP contribution in [0.1, 0.15) is 32.0 Å². The van der Waals surface area contributed by atoms with E-state index in [0.717, 1.165) is 5.56 Å². The van der Waals surface area contributed by atoms with E-state index in [1.54, 1.807) is 49.6 Å². The highest BCUT2D eigenvalue weighted by molar-refractivity contribution is 6.05. The average molecular weight is 336 g/mol. The van der Waals surface area contributed by atoms with Crippen LogP contribution in [0.2, 0.25) is 0 Å². The van der Waals surface area contributed by atoms with Crippen molar-refractivity contribution < 1.29 is 14.1 Å². The van der Waals surface area contributed by atoms with Gasteiger partial charge in [0.1, 0.15) is 5.76 Å². The van der Waals surface area contributed by atoms with E-state index in [1.165, 1.54) is 6.07 Å². The van der Waals surface area contributed by atoms with Crippen LogP contribution in [0.4, 0.5) is 5.82 Å². The van der Waals surface area contributed by atoms with E-state index >= 15 is 0 Å². The zero-order valence-corrected chi connectivity index (χ0v) is 13.5. The van der Waals surface area contributed by atoms with Crippen molar-refractivity contribution in [3.63, 3.8) is 0 Å². The molecule has 0 unspecified atom stereocenters. The Morgan fingerprint density at radius 2 is 1.88 bits per heavy atom. The summed E-state index contributed by atoms with van der Waals surface area (Å²) in [5.41, 5.74) is 1.65. The number of carbonyl (C=O) groups is 2. The SMILES string of the molecule is Cc1cc(NC(=O)c2cccc(C(=O)NCc3cccnc3)c2)no1. The quantitative estimate of drug-likeness (QED) is 0.746. The summed E-state index contributed by atoms with van der Waals surface area (Å²) in [5.74, 6) is 0.291. The standard InChI is InChI=1S/C18H16N4O3/c1-12-8-16(22-25-12)21-18(24)15-6-2-5-14(9-15)17(23)20-11-13-4-3-7-19-10-13/h2-10H,11H2,1H3,(H,20,23)(H,21,22,24). The lowest BCUT2D eigenvalue weighted by atomic mass is 10.1. The first-order valence-electron chi connectivity index (χ1n) is 7.63. The van der Waals surface area contributed by atoms with Gasteiger partial charge in [-0.2, -0.15) is 0 Å². The van der Waals surface area contributed by atoms with Gasteiger partial charge < -0.3 is 15.2 Å². The van der Waals surface area contributed by atoms with E-state index in [-0.39, 0.29) is 11.8 Å². The van der Waals surface area contributed by atoms with Crippen LogP contribution < -0.4 is 10.6 Å². The lowest BCUT2D eigenvalue weighted by molar-refractivity contribution is 0.0951. The number of hydrogen-bond donors (Lipinski definition) is 2. The zero-order chi connectivity index (χ0) is 17.6. The number of benzene rings is 1. The lowest BCUT2D eigenvalue weighted by Gasteiger charge is -2.07. The molecule has 25 heavy (non-hydrogen) atoms. The van der Waals surface area contributed by atoms with Crippen LogP contribution in [0.5, 0.6) is 0 Å². The summed E-state index contributed by atoms with van der Waals surface area (Å²) in [6.45, 7) is 2.09. The van der Waals surface area contributed by atoms with Gasteiger partial charge in [-0.1, -0.05) is 17.3 Å². The number of nitrogens with one attached hydrogen (secondary N) is 2. The molecule has 3 rings (SSSR count). The molecule has 3 aromatic rings. The molecule has 0 bridgehead atoms. The predicted octanol–water partition coefficient (Wildman–Crippen LogP) is 2.56. The van der Waals surface area contributed by atoms with Crippen molar-refractivity contribution in [1.82, 2.24) is 15.5 Å². The van der Waals surface area contributed by atoms with Crippen molar-refractivity contribution in [2.75, 3.05) is 5.32 Å². The lowest BCUT2D eigenvalue weighted by Crippen LogP contribution is -2.23. The van der Waals surface area contributed by atoms with E-state index in [9.17, 15) is 9.59 Å². The number of pyridine rings is 1. The number of amides is 2. The van der Waals surface area contributed by atoms with Gasteiger partial charge in [-0.25, -0.2) is 0 Å². The van der Waals surface area contributed by atoms with Crippen LogP contribution >= 0.6 is 0 Å². The summed E-state index contributed by atoms with van der Waals surface area (Å²) in [5, 5.41) is 9.13. The topological polar surface area (TPSA) is 97.1 Å². The average Bonchev–Trinajstić information content (AvgIpc) is 3.05. The molecule has 0 radical (unpaired) electrons. The Morgan fingerprint density at radius 3 is 2.56 bits per heavy atom. The Hall–Kier alpha value is -3.48. The van der Waals surface area contributed by atoms with Crippen molar-refractivity contribution in [2.45, 2.75) is 13.5 Å². The third kappa shape index (κ3) is 4.29. The summed E-state index contributed by atoms with van der Waals surface area (Å²) in [6.07, 6.45) is 3.35. The first-order chi connectivity index (χ1) is 12.1. The largest absolute Gasteiger partial charge is 0.360 e. The van der Waals surface area contributed by atoms with Crippen molar-refractivity contribution in [3.05, 3.63) is 77.3 Å². The number of carbonyl (C=O) groups excluding carboxylic acids is 2. The van der Waals surface area contributed by atoms with Gasteiger partial charge in [0, 0.05) is 36.1 Å². The maximum Gasteiger partial charge on any atom is 0.256 e. The fraction of sp³-hybridized carbons (Fsp3) is 0.111. The molecular weight excluding hydrogens is 320 g/mol. The molecule has 7 heteroatoms. The molecule has 0 aliphatic heterocycles. The highest BCUT2D eigenvalue weighted by atomic mass is 16.5. The van der Waals surface area contributed by atoms with E-state index in [0.29, 0.717) is 29.2 Å². The van der Waals surface area contributed by atoms with E-state index in [1.807, 2.05) is 6.07 Å². The first-order valence-corrected chi connectivity index (χ1v) is 7.63. The monoisotopic (exact) mass is 336 g/mol. The van der Waals surface area contributed by atoms with Gasteiger partial charge in [0.2, 0.25) is 0 Å². The smallest absolute Gasteiger partial charge is 0.256 e. The van der Waals surface area contributed by atoms with Crippen LogP contribution in [0.3, 0.4) is 0 Å². The van der Waals surface area contributed by atoms with Crippen LogP contribution in [0.25, 0.3) is 0 Å². The van der Waals surface area contributed by atoms with Gasteiger partial charge in [-0.3, -0.25) is 14.6 Å². The number of aryl methyl sites for hydroxylation is 1. The molecule has 0 spiro atoms. The summed E-state index contributed by atoms with van der Waals surface area (Å²) in [4.78, 5) is 28.5. The number of anilines is 1. The van der Waals surface area contributed by atoms with Crippen LogP contribution in [-0.4, -0.2) is 22.0 Å². The van der Waals surface area contributed by atoms with Gasteiger partial charge in [0.15, 0.2) is 5.82 Å². The molecule has 1 aromatic carbocycles. The van der Waals surface area contributed by atoms with Crippen molar-refractivity contribution >= 4 is 17.6 Å². The van der Waals surface area contributed by atoms with Crippen molar-refractivity contribution in [2.24, 2.45) is 0 Å². The molecule has 0 saturated heterocycles. The summed E-state index contributed by atoms with van der Waals surface area (Å²) < 4.78 is 4.90. The van der Waals surface area contributed by atoms with Crippen LogP contribution in [0, 0.1) is 6.92 Å². The molecule has 2 amide bonds. The molecule has 0 aliphatic rings. The highest BCUT2D eigenvalue weighted by Gasteiger charge is 2.12. The maximum atomic E-state index is 12.3. The molecular formula is C18H16N4O3. The zero-order valence-electron chi connectivity index (χ0n) is 13.5. The molecule has 126 valence electrons. The highest BCUT2D eigenvalue weighted by Crippen LogP contribution is 2.11. The Kier molecular flexibility index (Phi) is 4.84. The van der Waals surface area contributed by atoms with Crippen molar-refractivity contribution in [3.8, 4) is 0 Å². The molecule has 2 heterocycles. The molecule has 0 fully saturated rings. The van der Waals surface area contributed by atoms with Gasteiger partial charge in [-0.15, -0.1) is 0 Å². The maximum absolute atomic E-state index is 12.3. The fourth-order valence-corrected chi connectivity index (χ4v) is 2.20. The van der Waals surface area contributed by atoms with Gasteiger partial charge in [-0.05, 0) is 36.8 Å². The third-order valence-electron chi connectivity index (χ3n) is 3.43. The summed E-state index contributed by atoms with van der Waals surface area (Å²) >= 11 is 0. The second kappa shape index (κ2) is 7.39. The molecule has 7 nitrogen and oxygen atoms in total. The minimum Gasteiger partial charge on any atom is -0.360 e. The Bertz CT molecular complexity index is 890. The second-order valence-corrected chi connectivity index (χ2v) is 5.40. The van der Waals surface area contributed by atoms with E-state index in [4.69, 9.17) is 4.52 Å². The molecule has 0 aliphatic carbocycles. The second-order valence-electron chi connectivity index (χ2n) is 5.40. The third-order valence-corrected chi connectivity index (χ3v) is 3.43. The predicted molar refractivity (Wildman–Crippen MR) is 91.0 cm³/mol. The Morgan fingerprint density at radius 1 is 1.08 bits per heavy atom. The number of aromatic nitrogens is 2. The molecule has 2 N–H and O–H groups in total. The Labute approximate surface area is 144 Å².